The maximum atomic E-state index is 12.9. The topological polar surface area (TPSA) is 85.1 Å². The van der Waals surface area contributed by atoms with Crippen LogP contribution in [0.15, 0.2) is 35.1 Å². The van der Waals surface area contributed by atoms with E-state index in [1.165, 1.54) is 16.4 Å². The van der Waals surface area contributed by atoms with E-state index < -0.39 is 5.25 Å². The summed E-state index contributed by atoms with van der Waals surface area (Å²) in [5, 5.41) is 5.15. The van der Waals surface area contributed by atoms with Crippen molar-refractivity contribution >= 4 is 29.3 Å². The zero-order chi connectivity index (χ0) is 21.4. The Balaban J connectivity index is 1.98. The van der Waals surface area contributed by atoms with Gasteiger partial charge in [-0.2, -0.15) is 0 Å². The molecule has 0 fully saturated rings. The molecule has 2 N–H and O–H groups in total. The SMILES string of the molecule is CCCCCNC(=O)CSC(C)C(=O)Nc1c(C)n(C)n(-c2ccccc2)c1=O. The first-order chi connectivity index (χ1) is 13.9. The van der Waals surface area contributed by atoms with Crippen molar-refractivity contribution in [3.63, 3.8) is 0 Å². The molecule has 0 aliphatic heterocycles. The molecule has 0 radical (unpaired) electrons. The van der Waals surface area contributed by atoms with Gasteiger partial charge >= 0.3 is 0 Å². The molecule has 2 aromatic rings. The van der Waals surface area contributed by atoms with Gasteiger partial charge in [-0.05, 0) is 32.4 Å². The maximum absolute atomic E-state index is 12.9. The summed E-state index contributed by atoms with van der Waals surface area (Å²) in [5.74, 6) is -0.157. The highest BCUT2D eigenvalue weighted by molar-refractivity contribution is 8.01. The van der Waals surface area contributed by atoms with Gasteiger partial charge in [-0.3, -0.25) is 19.1 Å². The number of rotatable bonds is 10. The van der Waals surface area contributed by atoms with Crippen LogP contribution in [0.3, 0.4) is 0 Å². The Labute approximate surface area is 175 Å². The van der Waals surface area contributed by atoms with Gasteiger partial charge in [0.2, 0.25) is 11.8 Å². The number of aromatic nitrogens is 2. The highest BCUT2D eigenvalue weighted by atomic mass is 32.2. The number of hydrogen-bond acceptors (Lipinski definition) is 4. The molecule has 8 heteroatoms. The molecule has 1 heterocycles. The van der Waals surface area contributed by atoms with Crippen LogP contribution in [0.5, 0.6) is 0 Å². The Kier molecular flexibility index (Phi) is 8.57. The van der Waals surface area contributed by atoms with E-state index in [4.69, 9.17) is 0 Å². The zero-order valence-corrected chi connectivity index (χ0v) is 18.3. The summed E-state index contributed by atoms with van der Waals surface area (Å²) in [6.45, 7) is 6.30. The fourth-order valence-electron chi connectivity index (χ4n) is 2.87. The van der Waals surface area contributed by atoms with Crippen molar-refractivity contribution in [1.82, 2.24) is 14.7 Å². The van der Waals surface area contributed by atoms with Gasteiger partial charge in [0.05, 0.1) is 22.4 Å². The molecule has 29 heavy (non-hydrogen) atoms. The summed E-state index contributed by atoms with van der Waals surface area (Å²) >= 11 is 1.26. The van der Waals surface area contributed by atoms with Gasteiger partial charge in [-0.1, -0.05) is 38.0 Å². The number of unbranched alkanes of at least 4 members (excludes halogenated alkanes) is 2. The van der Waals surface area contributed by atoms with E-state index in [1.54, 1.807) is 25.6 Å². The van der Waals surface area contributed by atoms with Crippen molar-refractivity contribution in [2.45, 2.75) is 45.3 Å². The van der Waals surface area contributed by atoms with Crippen LogP contribution in [0.4, 0.5) is 5.69 Å². The fraction of sp³-hybridized carbons (Fsp3) is 0.476. The van der Waals surface area contributed by atoms with Crippen LogP contribution in [-0.4, -0.2) is 38.7 Å². The number of thioether (sulfide) groups is 1. The lowest BCUT2D eigenvalue weighted by atomic mass is 10.2. The molecule has 0 saturated carbocycles. The van der Waals surface area contributed by atoms with Crippen LogP contribution in [0.1, 0.15) is 38.8 Å². The Hall–Kier alpha value is -2.48. The number of carbonyl (C=O) groups is 2. The third-order valence-corrected chi connectivity index (χ3v) is 5.88. The Bertz CT molecular complexity index is 889. The lowest BCUT2D eigenvalue weighted by molar-refractivity contribution is -0.118. The molecule has 0 aliphatic rings. The smallest absolute Gasteiger partial charge is 0.295 e. The molecule has 1 unspecified atom stereocenters. The highest BCUT2D eigenvalue weighted by Crippen LogP contribution is 2.17. The van der Waals surface area contributed by atoms with Gasteiger partial charge in [-0.25, -0.2) is 4.68 Å². The van der Waals surface area contributed by atoms with E-state index in [9.17, 15) is 14.4 Å². The van der Waals surface area contributed by atoms with Gasteiger partial charge < -0.3 is 10.6 Å². The summed E-state index contributed by atoms with van der Waals surface area (Å²) < 4.78 is 3.24. The maximum Gasteiger partial charge on any atom is 0.295 e. The monoisotopic (exact) mass is 418 g/mol. The number of amides is 2. The first-order valence-corrected chi connectivity index (χ1v) is 10.9. The number of nitrogens with one attached hydrogen (secondary N) is 2. The summed E-state index contributed by atoms with van der Waals surface area (Å²) in [4.78, 5) is 37.3. The first-order valence-electron chi connectivity index (χ1n) is 9.90. The van der Waals surface area contributed by atoms with Crippen molar-refractivity contribution in [2.75, 3.05) is 17.6 Å². The molecule has 158 valence electrons. The van der Waals surface area contributed by atoms with Crippen LogP contribution < -0.4 is 16.2 Å². The fourth-order valence-corrected chi connectivity index (χ4v) is 3.58. The van der Waals surface area contributed by atoms with E-state index in [1.807, 2.05) is 30.3 Å². The number of anilines is 1. The van der Waals surface area contributed by atoms with Crippen molar-refractivity contribution in [1.29, 1.82) is 0 Å². The number of hydrogen-bond donors (Lipinski definition) is 2. The van der Waals surface area contributed by atoms with Gasteiger partial charge in [0.15, 0.2) is 0 Å². The number of nitrogens with zero attached hydrogens (tertiary/aromatic N) is 2. The molecular formula is C21H30N4O3S. The average molecular weight is 419 g/mol. The first kappa shape index (κ1) is 22.8. The lowest BCUT2D eigenvalue weighted by Gasteiger charge is -2.11. The Morgan fingerprint density at radius 3 is 2.52 bits per heavy atom. The molecule has 1 atom stereocenters. The predicted octanol–water partition coefficient (Wildman–Crippen LogP) is 2.85. The standard InChI is InChI=1S/C21H30N4O3S/c1-5-6-10-13-22-18(26)14-29-16(3)20(27)23-19-15(2)24(4)25(21(19)28)17-11-8-7-9-12-17/h7-9,11-12,16H,5-6,10,13-14H2,1-4H3,(H,22,26)(H,23,27). The van der Waals surface area contributed by atoms with Gasteiger partial charge in [0, 0.05) is 13.6 Å². The molecule has 0 bridgehead atoms. The van der Waals surface area contributed by atoms with Gasteiger partial charge in [-0.15, -0.1) is 11.8 Å². The van der Waals surface area contributed by atoms with E-state index in [0.29, 0.717) is 12.2 Å². The van der Waals surface area contributed by atoms with E-state index >= 15 is 0 Å². The lowest BCUT2D eigenvalue weighted by Crippen LogP contribution is -2.30. The van der Waals surface area contributed by atoms with Crippen molar-refractivity contribution in [3.05, 3.63) is 46.4 Å². The largest absolute Gasteiger partial charge is 0.355 e. The number of benzene rings is 1. The second-order valence-electron chi connectivity index (χ2n) is 6.94. The predicted molar refractivity (Wildman–Crippen MR) is 119 cm³/mol. The number of carbonyl (C=O) groups excluding carboxylic acids is 2. The molecule has 0 saturated heterocycles. The molecular weight excluding hydrogens is 388 g/mol. The van der Waals surface area contributed by atoms with E-state index in [2.05, 4.69) is 17.6 Å². The van der Waals surface area contributed by atoms with E-state index in [-0.39, 0.29) is 28.8 Å². The quantitative estimate of drug-likeness (QED) is 0.581. The molecule has 1 aromatic carbocycles. The van der Waals surface area contributed by atoms with Crippen LogP contribution in [-0.2, 0) is 16.6 Å². The van der Waals surface area contributed by atoms with Gasteiger partial charge in [0.1, 0.15) is 5.69 Å². The Morgan fingerprint density at radius 1 is 1.17 bits per heavy atom. The molecule has 7 nitrogen and oxygen atoms in total. The Morgan fingerprint density at radius 2 is 1.86 bits per heavy atom. The minimum atomic E-state index is -0.458. The van der Waals surface area contributed by atoms with Crippen LogP contribution in [0.25, 0.3) is 5.69 Å². The highest BCUT2D eigenvalue weighted by Gasteiger charge is 2.21. The summed E-state index contributed by atoms with van der Waals surface area (Å²) in [5.41, 5.74) is 1.37. The van der Waals surface area contributed by atoms with Crippen LogP contribution >= 0.6 is 11.8 Å². The third kappa shape index (κ3) is 6.00. The molecule has 0 aliphatic carbocycles. The summed E-state index contributed by atoms with van der Waals surface area (Å²) in [6, 6.07) is 9.27. The number of para-hydroxylation sites is 1. The van der Waals surface area contributed by atoms with Crippen molar-refractivity contribution in [3.8, 4) is 5.69 Å². The zero-order valence-electron chi connectivity index (χ0n) is 17.5. The molecule has 2 amide bonds. The minimum absolute atomic E-state index is 0.0759. The average Bonchev–Trinajstić information content (AvgIpc) is 2.93. The molecule has 1 aromatic heterocycles. The molecule has 2 rings (SSSR count). The second kappa shape index (κ2) is 10.9. The second-order valence-corrected chi connectivity index (χ2v) is 8.27. The van der Waals surface area contributed by atoms with Crippen LogP contribution in [0, 0.1) is 6.92 Å². The van der Waals surface area contributed by atoms with E-state index in [0.717, 1.165) is 24.9 Å². The summed E-state index contributed by atoms with van der Waals surface area (Å²) in [6.07, 6.45) is 3.15. The van der Waals surface area contributed by atoms with Crippen molar-refractivity contribution < 1.29 is 9.59 Å². The summed E-state index contributed by atoms with van der Waals surface area (Å²) in [7, 11) is 1.78. The minimum Gasteiger partial charge on any atom is -0.355 e. The van der Waals surface area contributed by atoms with Crippen molar-refractivity contribution in [2.24, 2.45) is 7.05 Å². The molecule has 0 spiro atoms. The third-order valence-electron chi connectivity index (χ3n) is 4.74. The van der Waals surface area contributed by atoms with Gasteiger partial charge in [0.25, 0.3) is 5.56 Å². The van der Waals surface area contributed by atoms with Crippen LogP contribution in [0.2, 0.25) is 0 Å². The normalized spacial score (nSPS) is 11.9.